The van der Waals surface area contributed by atoms with Crippen molar-refractivity contribution in [3.8, 4) is 0 Å². The van der Waals surface area contributed by atoms with Crippen molar-refractivity contribution in [1.82, 2.24) is 15.3 Å². The van der Waals surface area contributed by atoms with Crippen molar-refractivity contribution < 1.29 is 0 Å². The molecule has 120 valence electrons. The fraction of sp³-hybridized carbons (Fsp3) is 0.467. The number of thioether (sulfide) groups is 1. The molecule has 22 heavy (non-hydrogen) atoms. The lowest BCUT2D eigenvalue weighted by molar-refractivity contribution is 0.211. The lowest BCUT2D eigenvalue weighted by Gasteiger charge is -2.29. The molecule has 0 unspecified atom stereocenters. The normalized spacial score (nSPS) is 12.8. The molecule has 3 N–H and O–H groups in total. The number of benzene rings is 1. The number of thiazole rings is 1. The molecule has 1 aromatic heterocycles. The van der Waals surface area contributed by atoms with Gasteiger partial charge < -0.3 is 5.43 Å². The summed E-state index contributed by atoms with van der Waals surface area (Å²) in [7, 11) is 0. The Morgan fingerprint density at radius 3 is 2.59 bits per heavy atom. The van der Waals surface area contributed by atoms with Crippen molar-refractivity contribution in [2.75, 3.05) is 5.88 Å². The van der Waals surface area contributed by atoms with Crippen molar-refractivity contribution in [1.29, 1.82) is 0 Å². The number of hydrogen-bond acceptors (Lipinski definition) is 6. The highest BCUT2D eigenvalue weighted by Gasteiger charge is 2.14. The second kappa shape index (κ2) is 7.92. The van der Waals surface area contributed by atoms with Crippen molar-refractivity contribution in [3.63, 3.8) is 0 Å². The van der Waals surface area contributed by atoms with E-state index in [1.165, 1.54) is 0 Å². The molecule has 0 atom stereocenters. The molecule has 0 amide bonds. The molecule has 0 saturated heterocycles. The standard InChI is InChI=1S/C15H23N5S2/c1-10(2)20(11(3)4)9-21-15(19-16)18-14-17-12-7-5-6-8-13(12)22-14/h5-8,10-11H,9,16H2,1-4H3,(H,17,18,19). The third-order valence-electron chi connectivity index (χ3n) is 3.28. The molecule has 5 nitrogen and oxygen atoms in total. The van der Waals surface area contributed by atoms with Crippen LogP contribution in [-0.4, -0.2) is 33.0 Å². The van der Waals surface area contributed by atoms with Crippen LogP contribution in [0.4, 0.5) is 5.13 Å². The predicted molar refractivity (Wildman–Crippen MR) is 98.6 cm³/mol. The molecule has 0 aliphatic rings. The molecular formula is C15H23N5S2. The summed E-state index contributed by atoms with van der Waals surface area (Å²) in [6.45, 7) is 8.78. The van der Waals surface area contributed by atoms with Crippen molar-refractivity contribution in [3.05, 3.63) is 24.3 Å². The zero-order valence-corrected chi connectivity index (χ0v) is 15.0. The van der Waals surface area contributed by atoms with E-state index >= 15 is 0 Å². The summed E-state index contributed by atoms with van der Waals surface area (Å²) < 4.78 is 1.13. The van der Waals surface area contributed by atoms with E-state index in [-0.39, 0.29) is 0 Å². The highest BCUT2D eigenvalue weighted by Crippen LogP contribution is 2.28. The van der Waals surface area contributed by atoms with Gasteiger partial charge in [0, 0.05) is 12.1 Å². The quantitative estimate of drug-likeness (QED) is 0.287. The number of aromatic nitrogens is 1. The Balaban J connectivity index is 2.10. The van der Waals surface area contributed by atoms with E-state index in [9.17, 15) is 0 Å². The second-order valence-electron chi connectivity index (χ2n) is 5.50. The second-order valence-corrected chi connectivity index (χ2v) is 7.44. The number of rotatable bonds is 5. The maximum Gasteiger partial charge on any atom is 0.212 e. The highest BCUT2D eigenvalue weighted by atomic mass is 32.2. The lowest BCUT2D eigenvalue weighted by atomic mass is 10.2. The number of amidine groups is 1. The average molecular weight is 338 g/mol. The molecule has 0 bridgehead atoms. The lowest BCUT2D eigenvalue weighted by Crippen LogP contribution is -2.38. The van der Waals surface area contributed by atoms with Crippen LogP contribution in [0.1, 0.15) is 27.7 Å². The Morgan fingerprint density at radius 1 is 1.32 bits per heavy atom. The Bertz CT molecular complexity index is 595. The third kappa shape index (κ3) is 4.42. The first-order valence-electron chi connectivity index (χ1n) is 7.30. The molecule has 0 aliphatic carbocycles. The van der Waals surface area contributed by atoms with E-state index in [1.807, 2.05) is 24.3 Å². The molecule has 7 heteroatoms. The van der Waals surface area contributed by atoms with Gasteiger partial charge in [0.05, 0.1) is 16.1 Å². The Morgan fingerprint density at radius 2 is 2.00 bits per heavy atom. The van der Waals surface area contributed by atoms with Crippen molar-refractivity contribution in [2.24, 2.45) is 10.8 Å². The van der Waals surface area contributed by atoms with E-state index in [1.54, 1.807) is 23.1 Å². The van der Waals surface area contributed by atoms with Gasteiger partial charge in [-0.1, -0.05) is 35.2 Å². The topological polar surface area (TPSA) is 66.5 Å². The van der Waals surface area contributed by atoms with Crippen LogP contribution in [0.15, 0.2) is 29.3 Å². The number of nitrogens with two attached hydrogens (primary N) is 1. The molecule has 2 aromatic rings. The number of hydrazine groups is 1. The smallest absolute Gasteiger partial charge is 0.212 e. The monoisotopic (exact) mass is 337 g/mol. The first kappa shape index (κ1) is 17.2. The largest absolute Gasteiger partial charge is 0.303 e. The maximum absolute atomic E-state index is 5.61. The summed E-state index contributed by atoms with van der Waals surface area (Å²) in [6, 6.07) is 8.99. The number of hydrogen-bond donors (Lipinski definition) is 2. The van der Waals surface area contributed by atoms with Gasteiger partial charge >= 0.3 is 0 Å². The predicted octanol–water partition coefficient (Wildman–Crippen LogP) is 3.56. The number of fused-ring (bicyclic) bond motifs is 1. The number of nitrogens with one attached hydrogen (secondary N) is 1. The van der Waals surface area contributed by atoms with Crippen LogP contribution in [0.2, 0.25) is 0 Å². The fourth-order valence-electron chi connectivity index (χ4n) is 2.13. The molecule has 0 fully saturated rings. The third-order valence-corrected chi connectivity index (χ3v) is 5.12. The van der Waals surface area contributed by atoms with Gasteiger partial charge in [0.15, 0.2) is 5.17 Å². The molecule has 1 aromatic carbocycles. The molecule has 0 saturated carbocycles. The fourth-order valence-corrected chi connectivity index (χ4v) is 4.13. The number of para-hydroxylation sites is 1. The summed E-state index contributed by atoms with van der Waals surface area (Å²) in [6.07, 6.45) is 0. The summed E-state index contributed by atoms with van der Waals surface area (Å²) >= 11 is 3.16. The van der Waals surface area contributed by atoms with Crippen LogP contribution in [0.25, 0.3) is 10.2 Å². The van der Waals surface area contributed by atoms with Gasteiger partial charge in [-0.15, -0.1) is 0 Å². The van der Waals surface area contributed by atoms with Crippen molar-refractivity contribution in [2.45, 2.75) is 39.8 Å². The Kier molecular flexibility index (Phi) is 6.19. The minimum absolute atomic E-state index is 0.481. The number of nitrogens with zero attached hydrogens (tertiary/aromatic N) is 3. The SMILES string of the molecule is CC(C)N(CSC(=Nc1nc2ccccc2s1)NN)C(C)C. The van der Waals surface area contributed by atoms with Gasteiger partial charge in [0.1, 0.15) is 0 Å². The highest BCUT2D eigenvalue weighted by molar-refractivity contribution is 8.13. The van der Waals surface area contributed by atoms with Crippen LogP contribution >= 0.6 is 23.1 Å². The average Bonchev–Trinajstić information content (AvgIpc) is 2.87. The molecule has 0 aliphatic heterocycles. The van der Waals surface area contributed by atoms with Crippen LogP contribution in [0.3, 0.4) is 0 Å². The van der Waals surface area contributed by atoms with Gasteiger partial charge in [-0.25, -0.2) is 10.8 Å². The van der Waals surface area contributed by atoms with Crippen LogP contribution in [-0.2, 0) is 0 Å². The molecular weight excluding hydrogens is 314 g/mol. The summed E-state index contributed by atoms with van der Waals surface area (Å²) in [5.74, 6) is 6.45. The first-order valence-corrected chi connectivity index (χ1v) is 9.11. The van der Waals surface area contributed by atoms with Gasteiger partial charge in [-0.05, 0) is 39.8 Å². The summed E-state index contributed by atoms with van der Waals surface area (Å²) in [5, 5.41) is 1.41. The van der Waals surface area contributed by atoms with E-state index in [2.05, 4.69) is 48.0 Å². The maximum atomic E-state index is 5.61. The molecule has 0 radical (unpaired) electrons. The van der Waals surface area contributed by atoms with Gasteiger partial charge in [0.25, 0.3) is 0 Å². The molecule has 0 spiro atoms. The first-order chi connectivity index (χ1) is 10.5. The molecule has 2 rings (SSSR count). The Hall–Kier alpha value is -1.15. The summed E-state index contributed by atoms with van der Waals surface area (Å²) in [4.78, 5) is 11.4. The van der Waals surface area contributed by atoms with Gasteiger partial charge in [-0.2, -0.15) is 4.99 Å². The van der Waals surface area contributed by atoms with E-state index in [4.69, 9.17) is 5.84 Å². The van der Waals surface area contributed by atoms with Crippen LogP contribution in [0.5, 0.6) is 0 Å². The van der Waals surface area contributed by atoms with E-state index in [0.29, 0.717) is 17.3 Å². The van der Waals surface area contributed by atoms with Gasteiger partial charge in [-0.3, -0.25) is 4.90 Å². The minimum atomic E-state index is 0.481. The Labute approximate surface area is 140 Å². The number of aliphatic imine (C=N–C) groups is 1. The van der Waals surface area contributed by atoms with Crippen LogP contribution in [0, 0.1) is 0 Å². The van der Waals surface area contributed by atoms with Crippen LogP contribution < -0.4 is 11.3 Å². The zero-order valence-electron chi connectivity index (χ0n) is 13.4. The zero-order chi connectivity index (χ0) is 16.1. The van der Waals surface area contributed by atoms with E-state index < -0.39 is 0 Å². The van der Waals surface area contributed by atoms with E-state index in [0.717, 1.165) is 21.2 Å². The van der Waals surface area contributed by atoms with Crippen molar-refractivity contribution >= 4 is 43.6 Å². The minimum Gasteiger partial charge on any atom is -0.303 e. The summed E-state index contributed by atoms with van der Waals surface area (Å²) in [5.41, 5.74) is 3.65. The molecule has 1 heterocycles. The van der Waals surface area contributed by atoms with Gasteiger partial charge in [0.2, 0.25) is 5.13 Å².